The highest BCUT2D eigenvalue weighted by molar-refractivity contribution is 5.75. The lowest BCUT2D eigenvalue weighted by Gasteiger charge is -2.37. The van der Waals surface area contributed by atoms with Gasteiger partial charge in [-0.15, -0.1) is 0 Å². The molecule has 1 heterocycles. The van der Waals surface area contributed by atoms with Gasteiger partial charge in [-0.05, 0) is 38.5 Å². The fourth-order valence-corrected chi connectivity index (χ4v) is 1.92. The van der Waals surface area contributed by atoms with Crippen molar-refractivity contribution in [3.8, 4) is 11.5 Å². The molecule has 0 aromatic heterocycles. The van der Waals surface area contributed by atoms with E-state index in [9.17, 15) is 15.0 Å². The quantitative estimate of drug-likeness (QED) is 0.872. The molecule has 0 saturated heterocycles. The van der Waals surface area contributed by atoms with Crippen LogP contribution in [0.3, 0.4) is 0 Å². The van der Waals surface area contributed by atoms with Crippen LogP contribution >= 0.6 is 0 Å². The van der Waals surface area contributed by atoms with E-state index in [1.165, 1.54) is 20.8 Å². The molecule has 1 unspecified atom stereocenters. The normalized spacial score (nSPS) is 17.7. The van der Waals surface area contributed by atoms with E-state index in [2.05, 4.69) is 0 Å². The zero-order valence-electron chi connectivity index (χ0n) is 11.3. The van der Waals surface area contributed by atoms with E-state index in [0.29, 0.717) is 30.3 Å². The van der Waals surface area contributed by atoms with Crippen LogP contribution in [0, 0.1) is 5.41 Å². The van der Waals surface area contributed by atoms with Crippen molar-refractivity contribution in [2.75, 3.05) is 13.2 Å². The molecule has 1 aliphatic heterocycles. The van der Waals surface area contributed by atoms with E-state index < -0.39 is 17.0 Å². The summed E-state index contributed by atoms with van der Waals surface area (Å²) in [7, 11) is 0. The van der Waals surface area contributed by atoms with Crippen molar-refractivity contribution in [2.24, 2.45) is 5.41 Å². The molecule has 0 saturated carbocycles. The number of aliphatic carboxylic acids is 1. The standard InChI is InChI=1S/C14H18O5/c1-13(2,12(15)16)14(3,17)9-4-5-10-11(8-9)19-7-6-18-10/h4-5,8,17H,6-7H2,1-3H3,(H,15,16). The number of aliphatic hydroxyl groups is 1. The number of ether oxygens (including phenoxy) is 2. The Morgan fingerprint density at radius 3 is 2.32 bits per heavy atom. The van der Waals surface area contributed by atoms with E-state index in [1.807, 2.05) is 0 Å². The lowest BCUT2D eigenvalue weighted by atomic mass is 9.72. The van der Waals surface area contributed by atoms with E-state index in [-0.39, 0.29) is 0 Å². The SMILES string of the molecule is CC(C)(C(=O)O)C(C)(O)c1ccc2c(c1)OCCO2. The van der Waals surface area contributed by atoms with E-state index in [0.717, 1.165) is 0 Å². The van der Waals surface area contributed by atoms with Crippen LogP contribution in [0.1, 0.15) is 26.3 Å². The summed E-state index contributed by atoms with van der Waals surface area (Å²) in [5, 5.41) is 19.9. The number of hydrogen-bond donors (Lipinski definition) is 2. The minimum absolute atomic E-state index is 0.445. The number of carboxylic acids is 1. The van der Waals surface area contributed by atoms with Crippen molar-refractivity contribution in [3.05, 3.63) is 23.8 Å². The lowest BCUT2D eigenvalue weighted by Crippen LogP contribution is -2.45. The topological polar surface area (TPSA) is 76.0 Å². The van der Waals surface area contributed by atoms with Gasteiger partial charge in [-0.1, -0.05) is 6.07 Å². The molecule has 1 aromatic rings. The van der Waals surface area contributed by atoms with Crippen molar-refractivity contribution in [3.63, 3.8) is 0 Å². The van der Waals surface area contributed by atoms with Gasteiger partial charge >= 0.3 is 5.97 Å². The number of rotatable bonds is 3. The maximum Gasteiger partial charge on any atom is 0.312 e. The molecule has 2 rings (SSSR count). The fourth-order valence-electron chi connectivity index (χ4n) is 1.92. The number of hydrogen-bond acceptors (Lipinski definition) is 4. The van der Waals surface area contributed by atoms with Crippen LogP contribution in [0.2, 0.25) is 0 Å². The molecule has 1 aliphatic rings. The summed E-state index contributed by atoms with van der Waals surface area (Å²) in [6.45, 7) is 5.41. The predicted octanol–water partition coefficient (Wildman–Crippen LogP) is 1.78. The summed E-state index contributed by atoms with van der Waals surface area (Å²) in [4.78, 5) is 11.3. The van der Waals surface area contributed by atoms with Crippen LogP contribution in [0.5, 0.6) is 11.5 Å². The van der Waals surface area contributed by atoms with Crippen LogP contribution in [0.15, 0.2) is 18.2 Å². The van der Waals surface area contributed by atoms with Gasteiger partial charge in [0.05, 0.1) is 5.41 Å². The monoisotopic (exact) mass is 266 g/mol. The molecule has 0 amide bonds. The molecule has 2 N–H and O–H groups in total. The van der Waals surface area contributed by atoms with Gasteiger partial charge in [-0.25, -0.2) is 0 Å². The van der Waals surface area contributed by atoms with Gasteiger partial charge in [0.15, 0.2) is 11.5 Å². The first-order valence-corrected chi connectivity index (χ1v) is 6.12. The minimum atomic E-state index is -1.52. The van der Waals surface area contributed by atoms with Gasteiger partial charge in [0, 0.05) is 0 Å². The molecule has 104 valence electrons. The van der Waals surface area contributed by atoms with E-state index in [1.54, 1.807) is 18.2 Å². The summed E-state index contributed by atoms with van der Waals surface area (Å²) in [5.74, 6) is 0.0801. The molecular weight excluding hydrogens is 248 g/mol. The van der Waals surface area contributed by atoms with Crippen molar-refractivity contribution in [2.45, 2.75) is 26.4 Å². The number of benzene rings is 1. The molecule has 0 bridgehead atoms. The van der Waals surface area contributed by atoms with Crippen molar-refractivity contribution in [1.82, 2.24) is 0 Å². The summed E-state index contributed by atoms with van der Waals surface area (Å²) >= 11 is 0. The highest BCUT2D eigenvalue weighted by Gasteiger charge is 2.47. The number of fused-ring (bicyclic) bond motifs is 1. The summed E-state index contributed by atoms with van der Waals surface area (Å²) in [5.41, 5.74) is -2.35. The Hall–Kier alpha value is -1.75. The average molecular weight is 266 g/mol. The molecule has 0 aliphatic carbocycles. The van der Waals surface area contributed by atoms with Gasteiger partial charge in [0.1, 0.15) is 18.8 Å². The predicted molar refractivity (Wildman–Crippen MR) is 68.4 cm³/mol. The molecule has 19 heavy (non-hydrogen) atoms. The number of carboxylic acid groups (broad SMARTS) is 1. The van der Waals surface area contributed by atoms with Gasteiger partial charge in [-0.3, -0.25) is 4.79 Å². The minimum Gasteiger partial charge on any atom is -0.486 e. The fraction of sp³-hybridized carbons (Fsp3) is 0.500. The van der Waals surface area contributed by atoms with Gasteiger partial charge in [0.2, 0.25) is 0 Å². The van der Waals surface area contributed by atoms with Gasteiger partial charge < -0.3 is 19.7 Å². The molecule has 5 heteroatoms. The maximum atomic E-state index is 11.3. The van der Waals surface area contributed by atoms with Crippen molar-refractivity contribution in [1.29, 1.82) is 0 Å². The summed E-state index contributed by atoms with van der Waals surface area (Å²) in [6, 6.07) is 4.99. The average Bonchev–Trinajstić information content (AvgIpc) is 2.37. The Morgan fingerprint density at radius 1 is 1.16 bits per heavy atom. The molecule has 0 radical (unpaired) electrons. The molecular formula is C14H18O5. The van der Waals surface area contributed by atoms with E-state index in [4.69, 9.17) is 9.47 Å². The van der Waals surface area contributed by atoms with Crippen molar-refractivity contribution >= 4 is 5.97 Å². The maximum absolute atomic E-state index is 11.3. The second-order valence-electron chi connectivity index (χ2n) is 5.36. The molecule has 1 atom stereocenters. The highest BCUT2D eigenvalue weighted by Crippen LogP contribution is 2.42. The second-order valence-corrected chi connectivity index (χ2v) is 5.36. The molecule has 5 nitrogen and oxygen atoms in total. The van der Waals surface area contributed by atoms with Crippen LogP contribution in [-0.2, 0) is 10.4 Å². The first-order chi connectivity index (χ1) is 8.76. The third kappa shape index (κ3) is 2.14. The molecule has 1 aromatic carbocycles. The third-order valence-electron chi connectivity index (χ3n) is 3.86. The Kier molecular flexibility index (Phi) is 3.18. The summed E-state index contributed by atoms with van der Waals surface area (Å²) in [6.07, 6.45) is 0. The largest absolute Gasteiger partial charge is 0.486 e. The zero-order chi connectivity index (χ0) is 14.3. The zero-order valence-corrected chi connectivity index (χ0v) is 11.3. The highest BCUT2D eigenvalue weighted by atomic mass is 16.6. The van der Waals surface area contributed by atoms with Crippen LogP contribution in [0.4, 0.5) is 0 Å². The molecule has 0 fully saturated rings. The van der Waals surface area contributed by atoms with Gasteiger partial charge in [-0.2, -0.15) is 0 Å². The summed E-state index contributed by atoms with van der Waals surface area (Å²) < 4.78 is 10.9. The van der Waals surface area contributed by atoms with Crippen LogP contribution in [0.25, 0.3) is 0 Å². The third-order valence-corrected chi connectivity index (χ3v) is 3.86. The van der Waals surface area contributed by atoms with Crippen LogP contribution < -0.4 is 9.47 Å². The molecule has 0 spiro atoms. The Morgan fingerprint density at radius 2 is 1.74 bits per heavy atom. The first-order valence-electron chi connectivity index (χ1n) is 6.12. The van der Waals surface area contributed by atoms with Gasteiger partial charge in [0.25, 0.3) is 0 Å². The Bertz CT molecular complexity index is 505. The Labute approximate surface area is 111 Å². The number of carbonyl (C=O) groups is 1. The van der Waals surface area contributed by atoms with Crippen molar-refractivity contribution < 1.29 is 24.5 Å². The Balaban J connectivity index is 2.43. The van der Waals surface area contributed by atoms with Crippen LogP contribution in [-0.4, -0.2) is 29.4 Å². The van der Waals surface area contributed by atoms with E-state index >= 15 is 0 Å². The smallest absolute Gasteiger partial charge is 0.312 e. The lowest BCUT2D eigenvalue weighted by molar-refractivity contribution is -0.164. The first kappa shape index (κ1) is 13.7. The second kappa shape index (κ2) is 4.42.